The fraction of sp³-hybridized carbons (Fsp3) is 0.462. The van der Waals surface area contributed by atoms with Crippen LogP contribution >= 0.6 is 0 Å². The third-order valence-corrected chi connectivity index (χ3v) is 8.95. The minimum Gasteiger partial charge on any atom is -0.474 e. The molecule has 3 N–H and O–H groups in total. The molecule has 196 valence electrons. The predicted molar refractivity (Wildman–Crippen MR) is 140 cm³/mol. The molecular weight excluding hydrogens is 494 g/mol. The molecule has 0 saturated heterocycles. The molecule has 5 rings (SSSR count). The van der Waals surface area contributed by atoms with Crippen molar-refractivity contribution in [3.05, 3.63) is 47.4 Å². The Morgan fingerprint density at radius 3 is 2.65 bits per heavy atom. The van der Waals surface area contributed by atoms with Crippen molar-refractivity contribution in [2.75, 3.05) is 18.2 Å². The number of sulfone groups is 1. The summed E-state index contributed by atoms with van der Waals surface area (Å²) in [6.07, 6.45) is 6.01. The molecule has 1 aliphatic heterocycles. The maximum atomic E-state index is 12.1. The first-order valence-electron chi connectivity index (χ1n) is 12.3. The van der Waals surface area contributed by atoms with Gasteiger partial charge in [-0.1, -0.05) is 13.8 Å². The molecule has 0 amide bonds. The Labute approximate surface area is 215 Å². The van der Waals surface area contributed by atoms with Crippen LogP contribution in [-0.4, -0.2) is 53.6 Å². The van der Waals surface area contributed by atoms with Crippen molar-refractivity contribution in [3.8, 4) is 5.88 Å². The highest BCUT2D eigenvalue weighted by molar-refractivity contribution is 7.91. The number of carbonyl (C=O) groups excluding carboxylic acids is 1. The van der Waals surface area contributed by atoms with Crippen LogP contribution in [0.1, 0.15) is 67.6 Å². The van der Waals surface area contributed by atoms with E-state index in [1.165, 1.54) is 6.26 Å². The van der Waals surface area contributed by atoms with Gasteiger partial charge in [-0.3, -0.25) is 0 Å². The highest BCUT2D eigenvalue weighted by atomic mass is 32.2. The summed E-state index contributed by atoms with van der Waals surface area (Å²) < 4.78 is 34.8. The Kier molecular flexibility index (Phi) is 6.31. The largest absolute Gasteiger partial charge is 0.474 e. The number of pyridine rings is 3. The van der Waals surface area contributed by atoms with Gasteiger partial charge in [0.15, 0.2) is 9.84 Å². The molecule has 0 radical (unpaired) electrons. The number of carbonyl (C=O) groups is 1. The van der Waals surface area contributed by atoms with Gasteiger partial charge >= 0.3 is 5.97 Å². The lowest BCUT2D eigenvalue weighted by Crippen LogP contribution is -2.42. The smallest absolute Gasteiger partial charge is 0.340 e. The van der Waals surface area contributed by atoms with Crippen molar-refractivity contribution in [2.45, 2.75) is 62.8 Å². The van der Waals surface area contributed by atoms with Crippen LogP contribution < -0.4 is 15.8 Å². The number of hydrogen-bond donors (Lipinski definition) is 2. The highest BCUT2D eigenvalue weighted by Crippen LogP contribution is 2.37. The van der Waals surface area contributed by atoms with Crippen molar-refractivity contribution in [1.29, 1.82) is 0 Å². The summed E-state index contributed by atoms with van der Waals surface area (Å²) in [6, 6.07) is 5.32. The lowest BCUT2D eigenvalue weighted by molar-refractivity contribution is 0.0445. The average Bonchev–Trinajstić information content (AvgIpc) is 2.82. The standard InChI is InChI=1S/C26H31N5O5S/c1-5-26(3,27)20-12-29-24(36-15-8-16(9-15)37(4,33)34)19-11-28-22(10-18(19)20)30-21-7-6-17-23(31-21)14(2)13-35-25(17)32/h6-7,10-12,14-16H,5,8-9,13,27H2,1-4H3,(H,28,30,31)/t14-,15?,16?,26+/m0/s1. The van der Waals surface area contributed by atoms with E-state index in [0.717, 1.165) is 10.9 Å². The summed E-state index contributed by atoms with van der Waals surface area (Å²) in [6.45, 7) is 6.23. The van der Waals surface area contributed by atoms with E-state index >= 15 is 0 Å². The first-order valence-corrected chi connectivity index (χ1v) is 14.3. The summed E-state index contributed by atoms with van der Waals surface area (Å²) in [7, 11) is -3.08. The van der Waals surface area contributed by atoms with Crippen LogP contribution in [0.4, 0.5) is 11.6 Å². The number of nitrogens with two attached hydrogens (primary N) is 1. The van der Waals surface area contributed by atoms with Crippen molar-refractivity contribution in [2.24, 2.45) is 5.73 Å². The van der Waals surface area contributed by atoms with Crippen LogP contribution in [-0.2, 0) is 20.1 Å². The van der Waals surface area contributed by atoms with Gasteiger partial charge in [0, 0.05) is 42.9 Å². The highest BCUT2D eigenvalue weighted by Gasteiger charge is 2.38. The van der Waals surface area contributed by atoms with Crippen LogP contribution in [0, 0.1) is 0 Å². The van der Waals surface area contributed by atoms with E-state index in [1.807, 2.05) is 26.8 Å². The molecule has 0 unspecified atom stereocenters. The number of fused-ring (bicyclic) bond motifs is 2. The van der Waals surface area contributed by atoms with E-state index in [4.69, 9.17) is 15.2 Å². The number of nitrogens with zero attached hydrogens (tertiary/aromatic N) is 3. The van der Waals surface area contributed by atoms with Gasteiger partial charge in [0.25, 0.3) is 0 Å². The van der Waals surface area contributed by atoms with Gasteiger partial charge in [-0.05, 0) is 42.5 Å². The summed E-state index contributed by atoms with van der Waals surface area (Å²) in [5, 5.41) is 4.40. The molecule has 0 bridgehead atoms. The van der Waals surface area contributed by atoms with E-state index < -0.39 is 15.4 Å². The number of esters is 1. The van der Waals surface area contributed by atoms with E-state index in [9.17, 15) is 13.2 Å². The van der Waals surface area contributed by atoms with Crippen LogP contribution in [0.25, 0.3) is 10.8 Å². The molecule has 1 saturated carbocycles. The van der Waals surface area contributed by atoms with Gasteiger partial charge in [0.1, 0.15) is 17.7 Å². The summed E-state index contributed by atoms with van der Waals surface area (Å²) in [5.74, 6) is 1.15. The summed E-state index contributed by atoms with van der Waals surface area (Å²) >= 11 is 0. The monoisotopic (exact) mass is 525 g/mol. The Morgan fingerprint density at radius 2 is 1.95 bits per heavy atom. The molecule has 1 aliphatic carbocycles. The van der Waals surface area contributed by atoms with E-state index in [-0.39, 0.29) is 23.2 Å². The van der Waals surface area contributed by atoms with Crippen molar-refractivity contribution in [3.63, 3.8) is 0 Å². The topological polar surface area (TPSA) is 146 Å². The van der Waals surface area contributed by atoms with Gasteiger partial charge in [0.2, 0.25) is 5.88 Å². The predicted octanol–water partition coefficient (Wildman–Crippen LogP) is 3.58. The molecule has 0 aromatic carbocycles. The Bertz CT molecular complexity index is 1480. The Balaban J connectivity index is 1.48. The number of nitrogens with one attached hydrogen (secondary N) is 1. The second-order valence-electron chi connectivity index (χ2n) is 10.3. The van der Waals surface area contributed by atoms with Gasteiger partial charge in [-0.25, -0.2) is 28.2 Å². The molecule has 37 heavy (non-hydrogen) atoms. The number of hydrogen-bond acceptors (Lipinski definition) is 10. The summed E-state index contributed by atoms with van der Waals surface area (Å²) in [4.78, 5) is 25.8. The Hall–Kier alpha value is -3.31. The maximum absolute atomic E-state index is 12.1. The molecular formula is C26H31N5O5S. The second-order valence-corrected chi connectivity index (χ2v) is 12.6. The van der Waals surface area contributed by atoms with E-state index in [0.29, 0.717) is 60.0 Å². The first-order chi connectivity index (χ1) is 17.5. The Morgan fingerprint density at radius 1 is 1.19 bits per heavy atom. The average molecular weight is 526 g/mol. The number of rotatable bonds is 7. The first kappa shape index (κ1) is 25.3. The summed E-state index contributed by atoms with van der Waals surface area (Å²) in [5.41, 5.74) is 7.99. The van der Waals surface area contributed by atoms with Crippen molar-refractivity contribution < 1.29 is 22.7 Å². The SMILES string of the molecule is CC[C@@](C)(N)c1cnc(OC2CC(S(C)(=O)=O)C2)c2cnc(Nc3ccc4c(n3)[C@@H](C)COC4=O)cc12. The molecule has 11 heteroatoms. The van der Waals surface area contributed by atoms with Crippen LogP contribution in [0.15, 0.2) is 30.6 Å². The molecule has 1 fully saturated rings. The zero-order valence-corrected chi connectivity index (χ0v) is 22.1. The fourth-order valence-electron chi connectivity index (χ4n) is 4.62. The molecule has 3 aromatic rings. The van der Waals surface area contributed by atoms with E-state index in [2.05, 4.69) is 20.3 Å². The minimum absolute atomic E-state index is 0.00676. The fourth-order valence-corrected chi connectivity index (χ4v) is 5.75. The number of anilines is 2. The molecule has 3 aromatic heterocycles. The zero-order valence-electron chi connectivity index (χ0n) is 21.3. The van der Waals surface area contributed by atoms with Crippen LogP contribution in [0.3, 0.4) is 0 Å². The maximum Gasteiger partial charge on any atom is 0.340 e. The molecule has 10 nitrogen and oxygen atoms in total. The molecule has 2 atom stereocenters. The van der Waals surface area contributed by atoms with Crippen molar-refractivity contribution >= 4 is 38.2 Å². The zero-order chi connectivity index (χ0) is 26.5. The molecule has 4 heterocycles. The minimum atomic E-state index is -3.08. The van der Waals surface area contributed by atoms with Gasteiger partial charge < -0.3 is 20.5 Å². The number of aromatic nitrogens is 3. The lowest BCUT2D eigenvalue weighted by atomic mass is 9.88. The number of cyclic esters (lactones) is 1. The quantitative estimate of drug-likeness (QED) is 0.439. The second kappa shape index (κ2) is 9.21. The normalized spacial score (nSPS) is 22.9. The van der Waals surface area contributed by atoms with Crippen LogP contribution in [0.5, 0.6) is 5.88 Å². The van der Waals surface area contributed by atoms with Crippen molar-refractivity contribution in [1.82, 2.24) is 15.0 Å². The van der Waals surface area contributed by atoms with Gasteiger partial charge in [-0.15, -0.1) is 0 Å². The molecule has 2 aliphatic rings. The lowest BCUT2D eigenvalue weighted by Gasteiger charge is -2.34. The third kappa shape index (κ3) is 4.85. The van der Waals surface area contributed by atoms with E-state index in [1.54, 1.807) is 24.5 Å². The third-order valence-electron chi connectivity index (χ3n) is 7.35. The molecule has 0 spiro atoms. The van der Waals surface area contributed by atoms with Gasteiger partial charge in [0.05, 0.1) is 28.5 Å². The van der Waals surface area contributed by atoms with Crippen LogP contribution in [0.2, 0.25) is 0 Å². The number of ether oxygens (including phenoxy) is 2. The van der Waals surface area contributed by atoms with Gasteiger partial charge in [-0.2, -0.15) is 0 Å².